The molecular weight excluding hydrogens is 466 g/mol. The third-order valence-corrected chi connectivity index (χ3v) is 7.75. The predicted molar refractivity (Wildman–Crippen MR) is 134 cm³/mol. The number of hydrogen-bond donors (Lipinski definition) is 1. The Morgan fingerprint density at radius 3 is 2.29 bits per heavy atom. The summed E-state index contributed by atoms with van der Waals surface area (Å²) in [6.07, 6.45) is 2.50. The number of sulfonamides is 1. The van der Waals surface area contributed by atoms with Gasteiger partial charge >= 0.3 is 5.97 Å². The molecule has 0 atom stereocenters. The molecule has 0 saturated carbocycles. The van der Waals surface area contributed by atoms with Gasteiger partial charge in [-0.15, -0.1) is 0 Å². The van der Waals surface area contributed by atoms with Crippen LogP contribution in [-0.4, -0.2) is 48.8 Å². The number of anilines is 1. The molecule has 0 aliphatic carbocycles. The number of nitrogens with one attached hydrogen (secondary N) is 1. The van der Waals surface area contributed by atoms with Crippen molar-refractivity contribution >= 4 is 38.5 Å². The number of nitrogens with zero attached hydrogens (tertiary/aromatic N) is 2. The summed E-state index contributed by atoms with van der Waals surface area (Å²) in [7, 11) is -3.57. The molecule has 9 heteroatoms. The molecule has 2 aromatic carbocycles. The molecule has 3 aromatic rings. The minimum atomic E-state index is -3.57. The Labute approximate surface area is 205 Å². The van der Waals surface area contributed by atoms with Crippen LogP contribution in [-0.2, 0) is 14.8 Å². The number of piperidine rings is 1. The molecule has 0 radical (unpaired) electrons. The van der Waals surface area contributed by atoms with Crippen molar-refractivity contribution in [1.29, 1.82) is 0 Å². The Balaban J connectivity index is 1.58. The Morgan fingerprint density at radius 1 is 0.971 bits per heavy atom. The number of aryl methyl sites for hydroxylation is 1. The number of amides is 1. The van der Waals surface area contributed by atoms with Gasteiger partial charge in [0.15, 0.2) is 0 Å². The van der Waals surface area contributed by atoms with E-state index in [9.17, 15) is 18.0 Å². The number of esters is 1. The molecule has 1 aliphatic heterocycles. The van der Waals surface area contributed by atoms with E-state index in [1.54, 1.807) is 38.1 Å². The SMILES string of the molecule is Cc1cc(NC(=O)c2ccc(S(=O)(=O)N3CCCCC3)cc2)c2cc(C(=O)OC(C)C)ccc2n1. The normalized spacial score (nSPS) is 14.7. The maximum absolute atomic E-state index is 13.0. The molecule has 1 saturated heterocycles. The second-order valence-corrected chi connectivity index (χ2v) is 10.9. The maximum atomic E-state index is 13.0. The van der Waals surface area contributed by atoms with Crippen molar-refractivity contribution in [2.24, 2.45) is 0 Å². The van der Waals surface area contributed by atoms with Crippen LogP contribution in [0.5, 0.6) is 0 Å². The monoisotopic (exact) mass is 495 g/mol. The van der Waals surface area contributed by atoms with Crippen LogP contribution in [0.2, 0.25) is 0 Å². The van der Waals surface area contributed by atoms with Crippen molar-refractivity contribution in [3.05, 3.63) is 65.4 Å². The minimum absolute atomic E-state index is 0.175. The Morgan fingerprint density at radius 2 is 1.63 bits per heavy atom. The highest BCUT2D eigenvalue weighted by Gasteiger charge is 2.26. The van der Waals surface area contributed by atoms with Crippen molar-refractivity contribution in [2.45, 2.75) is 51.0 Å². The van der Waals surface area contributed by atoms with Crippen molar-refractivity contribution in [1.82, 2.24) is 9.29 Å². The molecule has 0 spiro atoms. The zero-order valence-electron chi connectivity index (χ0n) is 20.1. The molecule has 184 valence electrons. The molecular formula is C26H29N3O5S. The average Bonchev–Trinajstić information content (AvgIpc) is 2.84. The molecule has 8 nitrogen and oxygen atoms in total. The van der Waals surface area contributed by atoms with Crippen molar-refractivity contribution in [3.8, 4) is 0 Å². The van der Waals surface area contributed by atoms with E-state index < -0.39 is 21.9 Å². The summed E-state index contributed by atoms with van der Waals surface area (Å²) in [5.41, 5.74) is 2.51. The number of carbonyl (C=O) groups is 2. The number of aromatic nitrogens is 1. The number of ether oxygens (including phenoxy) is 1. The molecule has 1 aromatic heterocycles. The second kappa shape index (κ2) is 10.1. The standard InChI is InChI=1S/C26H29N3O5S/c1-17(2)34-26(31)20-9-12-23-22(16-20)24(15-18(3)27-23)28-25(30)19-7-10-21(11-8-19)35(32,33)29-13-5-4-6-14-29/h7-12,15-17H,4-6,13-14H2,1-3H3,(H,27,28,30). The number of hydrogen-bond acceptors (Lipinski definition) is 6. The lowest BCUT2D eigenvalue weighted by Gasteiger charge is -2.25. The van der Waals surface area contributed by atoms with Gasteiger partial charge in [-0.2, -0.15) is 4.31 Å². The number of benzene rings is 2. The fourth-order valence-corrected chi connectivity index (χ4v) is 5.61. The van der Waals surface area contributed by atoms with Gasteiger partial charge in [0.1, 0.15) is 0 Å². The highest BCUT2D eigenvalue weighted by Crippen LogP contribution is 2.26. The number of rotatable bonds is 6. The summed E-state index contributed by atoms with van der Waals surface area (Å²) in [6, 6.07) is 12.7. The highest BCUT2D eigenvalue weighted by molar-refractivity contribution is 7.89. The number of carbonyl (C=O) groups excluding carboxylic acids is 2. The topological polar surface area (TPSA) is 106 Å². The zero-order valence-corrected chi connectivity index (χ0v) is 20.9. The molecule has 1 N–H and O–H groups in total. The van der Waals surface area contributed by atoms with Gasteiger partial charge in [-0.3, -0.25) is 9.78 Å². The van der Waals surface area contributed by atoms with Crippen molar-refractivity contribution < 1.29 is 22.7 Å². The summed E-state index contributed by atoms with van der Waals surface area (Å²) >= 11 is 0. The summed E-state index contributed by atoms with van der Waals surface area (Å²) in [4.78, 5) is 30.0. The van der Waals surface area contributed by atoms with Crippen LogP contribution >= 0.6 is 0 Å². The molecule has 1 fully saturated rings. The van der Waals surface area contributed by atoms with Crippen LogP contribution in [0.3, 0.4) is 0 Å². The van der Waals surface area contributed by atoms with E-state index in [2.05, 4.69) is 10.3 Å². The molecule has 0 bridgehead atoms. The first-order chi connectivity index (χ1) is 16.6. The van der Waals surface area contributed by atoms with E-state index in [-0.39, 0.29) is 11.0 Å². The number of fused-ring (bicyclic) bond motifs is 1. The van der Waals surface area contributed by atoms with Gasteiger partial charge in [0.25, 0.3) is 5.91 Å². The van der Waals surface area contributed by atoms with Gasteiger partial charge in [-0.25, -0.2) is 13.2 Å². The Bertz CT molecular complexity index is 1360. The van der Waals surface area contributed by atoms with Gasteiger partial charge in [-0.1, -0.05) is 6.42 Å². The summed E-state index contributed by atoms with van der Waals surface area (Å²) < 4.78 is 32.5. The first kappa shape index (κ1) is 24.8. The lowest BCUT2D eigenvalue weighted by molar-refractivity contribution is 0.0378. The van der Waals surface area contributed by atoms with E-state index in [0.717, 1.165) is 19.3 Å². The average molecular weight is 496 g/mol. The second-order valence-electron chi connectivity index (χ2n) is 8.94. The van der Waals surface area contributed by atoms with E-state index in [1.165, 1.54) is 28.6 Å². The van der Waals surface area contributed by atoms with Crippen LogP contribution in [0.1, 0.15) is 59.5 Å². The molecule has 4 rings (SSSR count). The van der Waals surface area contributed by atoms with Gasteiger partial charge in [0.05, 0.1) is 27.8 Å². The lowest BCUT2D eigenvalue weighted by Crippen LogP contribution is -2.35. The molecule has 1 aliphatic rings. The minimum Gasteiger partial charge on any atom is -0.459 e. The summed E-state index contributed by atoms with van der Waals surface area (Å²) in [5, 5.41) is 3.48. The van der Waals surface area contributed by atoms with E-state index in [1.807, 2.05) is 6.92 Å². The third kappa shape index (κ3) is 5.52. The van der Waals surface area contributed by atoms with E-state index in [0.29, 0.717) is 46.5 Å². The zero-order chi connectivity index (χ0) is 25.2. The number of pyridine rings is 1. The van der Waals surface area contributed by atoms with E-state index in [4.69, 9.17) is 4.74 Å². The fraction of sp³-hybridized carbons (Fsp3) is 0.346. The quantitative estimate of drug-likeness (QED) is 0.504. The van der Waals surface area contributed by atoms with Crippen LogP contribution < -0.4 is 5.32 Å². The van der Waals surface area contributed by atoms with Gasteiger partial charge < -0.3 is 10.1 Å². The van der Waals surface area contributed by atoms with Gasteiger partial charge in [0.2, 0.25) is 10.0 Å². The first-order valence-corrected chi connectivity index (χ1v) is 13.1. The first-order valence-electron chi connectivity index (χ1n) is 11.7. The molecule has 2 heterocycles. The summed E-state index contributed by atoms with van der Waals surface area (Å²) in [6.45, 7) is 6.41. The van der Waals surface area contributed by atoms with Crippen molar-refractivity contribution in [3.63, 3.8) is 0 Å². The van der Waals surface area contributed by atoms with Gasteiger partial charge in [-0.05, 0) is 82.1 Å². The van der Waals surface area contributed by atoms with Crippen LogP contribution in [0.4, 0.5) is 5.69 Å². The largest absolute Gasteiger partial charge is 0.459 e. The summed E-state index contributed by atoms with van der Waals surface area (Å²) in [5.74, 6) is -0.848. The Hall–Kier alpha value is -3.30. The molecule has 1 amide bonds. The smallest absolute Gasteiger partial charge is 0.338 e. The lowest BCUT2D eigenvalue weighted by atomic mass is 10.1. The maximum Gasteiger partial charge on any atom is 0.338 e. The van der Waals surface area contributed by atoms with E-state index >= 15 is 0 Å². The molecule has 0 unspecified atom stereocenters. The predicted octanol–water partition coefficient (Wildman–Crippen LogP) is 4.54. The highest BCUT2D eigenvalue weighted by atomic mass is 32.2. The van der Waals surface area contributed by atoms with Crippen LogP contribution in [0.25, 0.3) is 10.9 Å². The third-order valence-electron chi connectivity index (χ3n) is 5.83. The molecule has 35 heavy (non-hydrogen) atoms. The Kier molecular flexibility index (Phi) is 7.18. The van der Waals surface area contributed by atoms with Crippen molar-refractivity contribution in [2.75, 3.05) is 18.4 Å². The van der Waals surface area contributed by atoms with Gasteiger partial charge in [0, 0.05) is 29.7 Å². The van der Waals surface area contributed by atoms with Crippen LogP contribution in [0.15, 0.2) is 53.4 Å². The fourth-order valence-electron chi connectivity index (χ4n) is 4.10. The van der Waals surface area contributed by atoms with Crippen LogP contribution in [0, 0.1) is 6.92 Å².